The van der Waals surface area contributed by atoms with Gasteiger partial charge >= 0.3 is 5.97 Å². The number of ketones is 1. The molecule has 0 aromatic heterocycles. The second kappa shape index (κ2) is 11.8. The Kier molecular flexibility index (Phi) is 8.58. The van der Waals surface area contributed by atoms with E-state index in [1.807, 2.05) is 30.3 Å². The van der Waals surface area contributed by atoms with Crippen LogP contribution in [-0.4, -0.2) is 28.7 Å². The Morgan fingerprint density at radius 3 is 1.94 bits per heavy atom. The Morgan fingerprint density at radius 2 is 1.37 bits per heavy atom. The largest absolute Gasteiger partial charge is 0.478 e. The third-order valence-corrected chi connectivity index (χ3v) is 6.23. The lowest BCUT2D eigenvalue weighted by molar-refractivity contribution is -0.132. The minimum atomic E-state index is -1.16. The fourth-order valence-corrected chi connectivity index (χ4v) is 4.11. The fraction of sp³-hybridized carbons (Fsp3) is 0.111. The van der Waals surface area contributed by atoms with Crippen LogP contribution in [0.15, 0.2) is 95.4 Å². The van der Waals surface area contributed by atoms with Gasteiger partial charge in [0.2, 0.25) is 11.8 Å². The molecule has 0 saturated heterocycles. The van der Waals surface area contributed by atoms with Gasteiger partial charge in [0.25, 0.3) is 0 Å². The Balaban J connectivity index is 1.74. The molecule has 3 rings (SSSR count). The van der Waals surface area contributed by atoms with E-state index in [9.17, 15) is 19.2 Å². The van der Waals surface area contributed by atoms with Crippen LogP contribution in [0.4, 0.5) is 11.4 Å². The highest BCUT2D eigenvalue weighted by Gasteiger charge is 2.22. The molecule has 0 saturated carbocycles. The summed E-state index contributed by atoms with van der Waals surface area (Å²) in [6.07, 6.45) is 1.02. The van der Waals surface area contributed by atoms with Gasteiger partial charge in [-0.15, -0.1) is 11.8 Å². The first-order chi connectivity index (χ1) is 16.7. The highest BCUT2D eigenvalue weighted by atomic mass is 32.2. The summed E-state index contributed by atoms with van der Waals surface area (Å²) in [5.74, 6) is -1.97. The summed E-state index contributed by atoms with van der Waals surface area (Å²) in [5, 5.41) is 13.9. The van der Waals surface area contributed by atoms with E-state index in [1.165, 1.54) is 25.6 Å². The van der Waals surface area contributed by atoms with Gasteiger partial charge < -0.3 is 15.7 Å². The summed E-state index contributed by atoms with van der Waals surface area (Å²) in [6.45, 7) is 2.83. The molecule has 7 nitrogen and oxygen atoms in total. The third-order valence-electron chi connectivity index (χ3n) is 4.96. The van der Waals surface area contributed by atoms with E-state index in [-0.39, 0.29) is 17.3 Å². The van der Waals surface area contributed by atoms with Gasteiger partial charge in [-0.2, -0.15) is 0 Å². The number of rotatable bonds is 9. The summed E-state index contributed by atoms with van der Waals surface area (Å²) in [4.78, 5) is 48.3. The minimum absolute atomic E-state index is 0.0479. The number of carbonyl (C=O) groups excluding carboxylic acids is 3. The van der Waals surface area contributed by atoms with Crippen molar-refractivity contribution in [2.24, 2.45) is 0 Å². The highest BCUT2D eigenvalue weighted by molar-refractivity contribution is 8.00. The standard InChI is InChI=1S/C27H24N2O5S/c1-17(27(33)34)16-24(31)28-21-12-14-23(15-13-21)35-25(20-6-4-3-5-7-20)26(32)29-22-10-8-19(9-11-22)18(2)30/h3-16,25H,1-2H3,(H,28,31)(H,29,32)(H,33,34)/b17-16+/t25-/m1/s1. The van der Waals surface area contributed by atoms with Gasteiger partial charge in [0.15, 0.2) is 5.78 Å². The molecule has 0 aliphatic heterocycles. The maximum absolute atomic E-state index is 13.2. The van der Waals surface area contributed by atoms with Gasteiger partial charge in [0.1, 0.15) is 5.25 Å². The first-order valence-electron chi connectivity index (χ1n) is 10.7. The molecule has 178 valence electrons. The van der Waals surface area contributed by atoms with E-state index in [4.69, 9.17) is 5.11 Å². The van der Waals surface area contributed by atoms with Crippen LogP contribution in [0.1, 0.15) is 35.0 Å². The van der Waals surface area contributed by atoms with Crippen molar-refractivity contribution in [1.29, 1.82) is 0 Å². The normalized spacial score (nSPS) is 11.9. The Bertz CT molecular complexity index is 1250. The second-order valence-corrected chi connectivity index (χ2v) is 8.86. The van der Waals surface area contributed by atoms with Crippen LogP contribution in [0.2, 0.25) is 0 Å². The lowest BCUT2D eigenvalue weighted by atomic mass is 10.1. The zero-order valence-electron chi connectivity index (χ0n) is 19.1. The predicted molar refractivity (Wildman–Crippen MR) is 137 cm³/mol. The number of thioether (sulfide) groups is 1. The van der Waals surface area contributed by atoms with Crippen LogP contribution in [0.25, 0.3) is 0 Å². The molecule has 0 heterocycles. The SMILES string of the molecule is CC(=O)c1ccc(NC(=O)[C@H](Sc2ccc(NC(=O)/C=C(\C)C(=O)O)cc2)c2ccccc2)cc1. The maximum atomic E-state index is 13.2. The Morgan fingerprint density at radius 1 is 0.800 bits per heavy atom. The molecule has 0 spiro atoms. The summed E-state index contributed by atoms with van der Waals surface area (Å²) >= 11 is 1.35. The zero-order chi connectivity index (χ0) is 25.4. The number of nitrogens with one attached hydrogen (secondary N) is 2. The van der Waals surface area contributed by atoms with Crippen LogP contribution in [-0.2, 0) is 14.4 Å². The smallest absolute Gasteiger partial charge is 0.331 e. The molecular weight excluding hydrogens is 464 g/mol. The van der Waals surface area contributed by atoms with Crippen LogP contribution in [0, 0.1) is 0 Å². The number of benzene rings is 3. The van der Waals surface area contributed by atoms with Crippen LogP contribution in [0.3, 0.4) is 0 Å². The zero-order valence-corrected chi connectivity index (χ0v) is 20.0. The van der Waals surface area contributed by atoms with Gasteiger partial charge in [-0.05, 0) is 67.9 Å². The molecular formula is C27H24N2O5S. The fourth-order valence-electron chi connectivity index (χ4n) is 3.09. The van der Waals surface area contributed by atoms with E-state index in [0.29, 0.717) is 16.9 Å². The first kappa shape index (κ1) is 25.5. The lowest BCUT2D eigenvalue weighted by Gasteiger charge is -2.17. The summed E-state index contributed by atoms with van der Waals surface area (Å²) in [5.41, 5.74) is 2.41. The lowest BCUT2D eigenvalue weighted by Crippen LogP contribution is -2.19. The van der Waals surface area contributed by atoms with Crippen molar-refractivity contribution in [2.75, 3.05) is 10.6 Å². The second-order valence-electron chi connectivity index (χ2n) is 7.68. The summed E-state index contributed by atoms with van der Waals surface area (Å²) < 4.78 is 0. The number of carbonyl (C=O) groups is 4. The molecule has 1 atom stereocenters. The van der Waals surface area contributed by atoms with Gasteiger partial charge in [-0.3, -0.25) is 14.4 Å². The third kappa shape index (κ3) is 7.41. The average Bonchev–Trinajstić information content (AvgIpc) is 2.84. The van der Waals surface area contributed by atoms with Crippen molar-refractivity contribution in [1.82, 2.24) is 0 Å². The number of amides is 2. The van der Waals surface area contributed by atoms with E-state index in [2.05, 4.69) is 10.6 Å². The molecule has 3 aromatic carbocycles. The molecule has 35 heavy (non-hydrogen) atoms. The van der Waals surface area contributed by atoms with Gasteiger partial charge in [0, 0.05) is 33.5 Å². The summed E-state index contributed by atoms with van der Waals surface area (Å²) in [6, 6.07) is 23.0. The Hall–Kier alpha value is -4.17. The van der Waals surface area contributed by atoms with Crippen LogP contribution < -0.4 is 10.6 Å². The minimum Gasteiger partial charge on any atom is -0.478 e. The monoisotopic (exact) mass is 488 g/mol. The first-order valence-corrected chi connectivity index (χ1v) is 11.6. The number of carboxylic acids is 1. The maximum Gasteiger partial charge on any atom is 0.331 e. The highest BCUT2D eigenvalue weighted by Crippen LogP contribution is 2.36. The average molecular weight is 489 g/mol. The number of Topliss-reactive ketones (excluding diaryl/α,β-unsaturated/α-hetero) is 1. The van der Waals surface area contributed by atoms with Gasteiger partial charge in [0.05, 0.1) is 0 Å². The number of hydrogen-bond donors (Lipinski definition) is 3. The van der Waals surface area contributed by atoms with E-state index in [0.717, 1.165) is 16.5 Å². The topological polar surface area (TPSA) is 113 Å². The van der Waals surface area contributed by atoms with Crippen molar-refractivity contribution in [2.45, 2.75) is 24.0 Å². The van der Waals surface area contributed by atoms with Crippen molar-refractivity contribution in [3.05, 3.63) is 102 Å². The molecule has 8 heteroatoms. The van der Waals surface area contributed by atoms with E-state index < -0.39 is 17.1 Å². The molecule has 3 aromatic rings. The number of anilines is 2. The molecule has 0 bridgehead atoms. The molecule has 2 amide bonds. The quantitative estimate of drug-likeness (QED) is 0.213. The van der Waals surface area contributed by atoms with Gasteiger partial charge in [-0.25, -0.2) is 4.79 Å². The molecule has 0 aliphatic rings. The molecule has 0 radical (unpaired) electrons. The van der Waals surface area contributed by atoms with Crippen molar-refractivity contribution in [3.8, 4) is 0 Å². The van der Waals surface area contributed by atoms with Gasteiger partial charge in [-0.1, -0.05) is 30.3 Å². The number of hydrogen-bond acceptors (Lipinski definition) is 5. The summed E-state index contributed by atoms with van der Waals surface area (Å²) in [7, 11) is 0. The molecule has 0 unspecified atom stereocenters. The number of carboxylic acid groups (broad SMARTS) is 1. The van der Waals surface area contributed by atoms with Crippen molar-refractivity contribution < 1.29 is 24.3 Å². The van der Waals surface area contributed by atoms with E-state index >= 15 is 0 Å². The Labute approximate surface area is 207 Å². The molecule has 3 N–H and O–H groups in total. The van der Waals surface area contributed by atoms with Crippen LogP contribution in [0.5, 0.6) is 0 Å². The van der Waals surface area contributed by atoms with Crippen LogP contribution >= 0.6 is 11.8 Å². The van der Waals surface area contributed by atoms with Crippen molar-refractivity contribution >= 4 is 46.7 Å². The molecule has 0 fully saturated rings. The molecule has 0 aliphatic carbocycles. The predicted octanol–water partition coefficient (Wildman–Crippen LogP) is 5.33. The van der Waals surface area contributed by atoms with Crippen molar-refractivity contribution in [3.63, 3.8) is 0 Å². The van der Waals surface area contributed by atoms with E-state index in [1.54, 1.807) is 48.5 Å². The number of aliphatic carboxylic acids is 1.